The predicted molar refractivity (Wildman–Crippen MR) is 116 cm³/mol. The van der Waals surface area contributed by atoms with Gasteiger partial charge in [-0.2, -0.15) is 13.2 Å². The van der Waals surface area contributed by atoms with Gasteiger partial charge in [-0.25, -0.2) is 13.4 Å². The molecule has 0 radical (unpaired) electrons. The first-order valence-electron chi connectivity index (χ1n) is 9.61. The Kier molecular flexibility index (Phi) is 5.72. The maximum atomic E-state index is 12.8. The number of thiazole rings is 1. The minimum absolute atomic E-state index is 0.132. The minimum Gasteiger partial charge on any atom is -0.359 e. The van der Waals surface area contributed by atoms with Crippen LogP contribution in [0.25, 0.3) is 26.4 Å². The summed E-state index contributed by atoms with van der Waals surface area (Å²) in [6.45, 7) is 0. The molecule has 0 bridgehead atoms. The van der Waals surface area contributed by atoms with E-state index in [4.69, 9.17) is 0 Å². The van der Waals surface area contributed by atoms with Crippen LogP contribution in [0.5, 0.6) is 0 Å². The minimum atomic E-state index is -4.40. The number of amides is 1. The zero-order valence-corrected chi connectivity index (χ0v) is 18.4. The van der Waals surface area contributed by atoms with Gasteiger partial charge in [0.15, 0.2) is 14.8 Å². The smallest absolute Gasteiger partial charge is 0.359 e. The van der Waals surface area contributed by atoms with Crippen molar-refractivity contribution in [1.82, 2.24) is 14.7 Å². The molecule has 2 aromatic heterocycles. The number of nitrogens with one attached hydrogen (secondary N) is 1. The van der Waals surface area contributed by atoms with E-state index in [-0.39, 0.29) is 29.4 Å². The third-order valence-electron chi connectivity index (χ3n) is 5.03. The van der Waals surface area contributed by atoms with Crippen molar-refractivity contribution in [2.75, 3.05) is 12.8 Å². The molecule has 0 saturated heterocycles. The molecule has 0 atom stereocenters. The fraction of sp³-hybridized carbons (Fsp3) is 0.238. The number of carbonyl (C=O) groups is 1. The van der Waals surface area contributed by atoms with Crippen LogP contribution in [-0.4, -0.2) is 36.5 Å². The van der Waals surface area contributed by atoms with Crippen molar-refractivity contribution in [3.8, 4) is 11.3 Å². The van der Waals surface area contributed by atoms with E-state index < -0.39 is 21.6 Å². The third kappa shape index (κ3) is 4.35. The monoisotopic (exact) mass is 481 g/mol. The average molecular weight is 482 g/mol. The first kappa shape index (κ1) is 22.3. The Hall–Kier alpha value is -2.92. The highest BCUT2D eigenvalue weighted by molar-refractivity contribution is 7.91. The van der Waals surface area contributed by atoms with Crippen LogP contribution >= 0.6 is 11.3 Å². The zero-order valence-electron chi connectivity index (χ0n) is 16.8. The Morgan fingerprint density at radius 3 is 2.53 bits per heavy atom. The molecule has 11 heteroatoms. The summed E-state index contributed by atoms with van der Waals surface area (Å²) in [5.41, 5.74) is 1.10. The fourth-order valence-corrected chi connectivity index (χ4v) is 5.76. The van der Waals surface area contributed by atoms with Crippen molar-refractivity contribution in [2.24, 2.45) is 0 Å². The highest BCUT2D eigenvalue weighted by atomic mass is 32.2. The van der Waals surface area contributed by atoms with Gasteiger partial charge in [-0.05, 0) is 36.8 Å². The van der Waals surface area contributed by atoms with Crippen LogP contribution in [0, 0.1) is 0 Å². The number of aromatic nitrogens is 2. The molecule has 168 valence electrons. The maximum Gasteiger partial charge on any atom is 0.416 e. The maximum absolute atomic E-state index is 12.8. The molecule has 4 aromatic rings. The standard InChI is InChI=1S/C21H18F3N3O3S2/c1-25-19(28)3-2-10-32(29,30)15-8-9-17-18(11-15)31-20-26-16(12-27(17)20)13-4-6-14(7-5-13)21(22,23)24/h4-9,11-12H,2-3,10H2,1H3,(H,25,28). The van der Waals surface area contributed by atoms with Gasteiger partial charge in [-0.15, -0.1) is 0 Å². The number of halogens is 3. The van der Waals surface area contributed by atoms with Crippen LogP contribution < -0.4 is 5.32 Å². The van der Waals surface area contributed by atoms with Gasteiger partial charge in [0.2, 0.25) is 5.91 Å². The average Bonchev–Trinajstić information content (AvgIpc) is 3.30. The van der Waals surface area contributed by atoms with Gasteiger partial charge in [0, 0.05) is 25.2 Å². The first-order chi connectivity index (χ1) is 15.1. The van der Waals surface area contributed by atoms with E-state index in [0.29, 0.717) is 16.2 Å². The summed E-state index contributed by atoms with van der Waals surface area (Å²) in [4.78, 5) is 16.6. The van der Waals surface area contributed by atoms with Gasteiger partial charge in [0.1, 0.15) is 0 Å². The Balaban J connectivity index is 1.61. The fourth-order valence-electron chi connectivity index (χ4n) is 3.31. The van der Waals surface area contributed by atoms with Crippen LogP contribution in [0.2, 0.25) is 0 Å². The molecule has 4 rings (SSSR count). The molecule has 2 heterocycles. The lowest BCUT2D eigenvalue weighted by Gasteiger charge is -2.06. The van der Waals surface area contributed by atoms with Crippen LogP contribution in [-0.2, 0) is 20.8 Å². The normalized spacial score (nSPS) is 12.5. The summed E-state index contributed by atoms with van der Waals surface area (Å²) in [5.74, 6) is -0.342. The quantitative estimate of drug-likeness (QED) is 0.439. The number of nitrogens with zero attached hydrogens (tertiary/aromatic N) is 2. The van der Waals surface area contributed by atoms with E-state index in [1.807, 2.05) is 0 Å². The number of sulfone groups is 1. The number of rotatable bonds is 6. The first-order valence-corrected chi connectivity index (χ1v) is 12.1. The summed E-state index contributed by atoms with van der Waals surface area (Å²) < 4.78 is 66.0. The summed E-state index contributed by atoms with van der Waals surface area (Å²) in [5, 5.41) is 2.46. The molecule has 2 aromatic carbocycles. The van der Waals surface area contributed by atoms with Crippen molar-refractivity contribution in [3.05, 3.63) is 54.2 Å². The lowest BCUT2D eigenvalue weighted by atomic mass is 10.1. The van der Waals surface area contributed by atoms with Crippen molar-refractivity contribution in [3.63, 3.8) is 0 Å². The number of fused-ring (bicyclic) bond motifs is 3. The molecular formula is C21H18F3N3O3S2. The molecule has 0 unspecified atom stereocenters. The van der Waals surface area contributed by atoms with E-state index in [1.165, 1.54) is 36.6 Å². The summed E-state index contributed by atoms with van der Waals surface area (Å²) in [6, 6.07) is 9.57. The molecule has 0 saturated carbocycles. The van der Waals surface area contributed by atoms with Crippen molar-refractivity contribution >= 4 is 42.3 Å². The molecule has 32 heavy (non-hydrogen) atoms. The Morgan fingerprint density at radius 2 is 1.88 bits per heavy atom. The van der Waals surface area contributed by atoms with Crippen molar-refractivity contribution in [1.29, 1.82) is 0 Å². The number of carbonyl (C=O) groups excluding carboxylic acids is 1. The molecular weight excluding hydrogens is 463 g/mol. The molecule has 0 fully saturated rings. The Labute approximate surface area is 185 Å². The number of imidazole rings is 1. The van der Waals surface area contributed by atoms with Crippen LogP contribution in [0.3, 0.4) is 0 Å². The second-order valence-electron chi connectivity index (χ2n) is 7.18. The summed E-state index contributed by atoms with van der Waals surface area (Å²) in [7, 11) is -2.04. The number of hydrogen-bond donors (Lipinski definition) is 1. The predicted octanol–water partition coefficient (Wildman–Crippen LogP) is 4.53. The van der Waals surface area contributed by atoms with E-state index in [0.717, 1.165) is 22.3 Å². The summed E-state index contributed by atoms with van der Waals surface area (Å²) >= 11 is 1.29. The highest BCUT2D eigenvalue weighted by Crippen LogP contribution is 2.33. The van der Waals surface area contributed by atoms with Gasteiger partial charge in [-0.3, -0.25) is 9.20 Å². The molecule has 0 aliphatic heterocycles. The van der Waals surface area contributed by atoms with Crippen molar-refractivity contribution in [2.45, 2.75) is 23.9 Å². The van der Waals surface area contributed by atoms with Gasteiger partial charge in [-0.1, -0.05) is 23.5 Å². The SMILES string of the molecule is CNC(=O)CCCS(=O)(=O)c1ccc2c(c1)sc1nc(-c3ccc(C(F)(F)F)cc3)cn12. The van der Waals surface area contributed by atoms with E-state index in [9.17, 15) is 26.4 Å². The lowest BCUT2D eigenvalue weighted by Crippen LogP contribution is -2.18. The van der Waals surface area contributed by atoms with E-state index in [1.54, 1.807) is 22.7 Å². The molecule has 1 amide bonds. The molecule has 6 nitrogen and oxygen atoms in total. The number of benzene rings is 2. The Bertz CT molecular complexity index is 1410. The second kappa shape index (κ2) is 8.21. The largest absolute Gasteiger partial charge is 0.416 e. The Morgan fingerprint density at radius 1 is 1.16 bits per heavy atom. The van der Waals surface area contributed by atoms with E-state index >= 15 is 0 Å². The third-order valence-corrected chi connectivity index (χ3v) is 7.84. The number of alkyl halides is 3. The van der Waals surface area contributed by atoms with Gasteiger partial charge in [0.05, 0.1) is 32.1 Å². The number of hydrogen-bond acceptors (Lipinski definition) is 5. The molecule has 0 aliphatic rings. The second-order valence-corrected chi connectivity index (χ2v) is 10.3. The van der Waals surface area contributed by atoms with Gasteiger partial charge >= 0.3 is 6.18 Å². The van der Waals surface area contributed by atoms with Crippen LogP contribution in [0.15, 0.2) is 53.6 Å². The van der Waals surface area contributed by atoms with Crippen molar-refractivity contribution < 1.29 is 26.4 Å². The van der Waals surface area contributed by atoms with Gasteiger partial charge in [0.25, 0.3) is 0 Å². The molecule has 0 aliphatic carbocycles. The van der Waals surface area contributed by atoms with Crippen LogP contribution in [0.4, 0.5) is 13.2 Å². The topological polar surface area (TPSA) is 80.5 Å². The molecule has 1 N–H and O–H groups in total. The van der Waals surface area contributed by atoms with Gasteiger partial charge < -0.3 is 5.32 Å². The lowest BCUT2D eigenvalue weighted by molar-refractivity contribution is -0.137. The highest BCUT2D eigenvalue weighted by Gasteiger charge is 2.30. The van der Waals surface area contributed by atoms with E-state index in [2.05, 4.69) is 10.3 Å². The molecule has 0 spiro atoms. The van der Waals surface area contributed by atoms with Crippen LogP contribution in [0.1, 0.15) is 18.4 Å². The summed E-state index contributed by atoms with van der Waals surface area (Å²) in [6.07, 6.45) is -2.32. The zero-order chi connectivity index (χ0) is 23.1.